The van der Waals surface area contributed by atoms with E-state index >= 15 is 0 Å². The van der Waals surface area contributed by atoms with Gasteiger partial charge in [0.25, 0.3) is 11.8 Å². The molecule has 4 atom stereocenters. The molecule has 0 bridgehead atoms. The van der Waals surface area contributed by atoms with E-state index in [2.05, 4.69) is 40.3 Å². The number of hydrogen-bond donors (Lipinski definition) is 12. The lowest BCUT2D eigenvalue weighted by Crippen LogP contribution is -2.55. The maximum atomic E-state index is 14.3. The molecular formula is C78H99N5O22S12. The summed E-state index contributed by atoms with van der Waals surface area (Å²) in [6.45, 7) is 1.36. The van der Waals surface area contributed by atoms with Crippen molar-refractivity contribution < 1.29 is 108 Å². The highest BCUT2D eigenvalue weighted by atomic mass is 32.2. The van der Waals surface area contributed by atoms with Crippen molar-refractivity contribution in [1.82, 2.24) is 26.2 Å². The summed E-state index contributed by atoms with van der Waals surface area (Å²) in [6, 6.07) is 18.4. The first-order valence-electron chi connectivity index (χ1n) is 36.9. The number of carbonyl (C=O) groups is 14. The minimum absolute atomic E-state index is 0.00337. The van der Waals surface area contributed by atoms with Crippen molar-refractivity contribution in [2.75, 3.05) is 75.6 Å². The lowest BCUT2D eigenvalue weighted by Gasteiger charge is -2.22. The summed E-state index contributed by atoms with van der Waals surface area (Å²) in [5.41, 5.74) is 10.8. The van der Waals surface area contributed by atoms with Crippen LogP contribution < -0.4 is 21.3 Å². The van der Waals surface area contributed by atoms with Gasteiger partial charge in [0.15, 0.2) is 0 Å². The largest absolute Gasteiger partial charge is 0.481 e. The van der Waals surface area contributed by atoms with E-state index in [1.54, 1.807) is 11.8 Å². The predicted molar refractivity (Wildman–Crippen MR) is 477 cm³/mol. The Morgan fingerprint density at radius 2 is 0.487 bits per heavy atom. The first-order chi connectivity index (χ1) is 56.0. The highest BCUT2D eigenvalue weighted by molar-refractivity contribution is 8.01. The second-order valence-corrected chi connectivity index (χ2v) is 39.3. The molecule has 1 heterocycles. The molecule has 0 aliphatic carbocycles. The number of nitrogens with one attached hydrogen (secondary N) is 4. The molecule has 6 amide bonds. The Labute approximate surface area is 731 Å². The van der Waals surface area contributed by atoms with Gasteiger partial charge in [0.1, 0.15) is 30.7 Å². The molecule has 4 aromatic carbocycles. The van der Waals surface area contributed by atoms with Gasteiger partial charge in [-0.25, -0.2) is 14.4 Å². The Morgan fingerprint density at radius 3 is 0.718 bits per heavy atom. The second kappa shape index (κ2) is 57.8. The summed E-state index contributed by atoms with van der Waals surface area (Å²) in [5.74, 6) is -3.69. The highest BCUT2D eigenvalue weighted by Crippen LogP contribution is 2.30. The Morgan fingerprint density at radius 1 is 0.282 bits per heavy atom. The van der Waals surface area contributed by atoms with Crippen LogP contribution >= 0.6 is 141 Å². The average Bonchev–Trinajstić information content (AvgIpc) is 1.70. The lowest BCUT2D eigenvalue weighted by molar-refractivity contribution is -0.142. The number of nitrogens with zero attached hydrogens (tertiary/aromatic N) is 1. The molecule has 0 unspecified atom stereocenters. The molecule has 0 saturated heterocycles. The van der Waals surface area contributed by atoms with Gasteiger partial charge in [0.05, 0.1) is 32.1 Å². The van der Waals surface area contributed by atoms with Gasteiger partial charge in [-0.1, -0.05) is 79.7 Å². The van der Waals surface area contributed by atoms with Crippen LogP contribution in [0.3, 0.4) is 0 Å². The number of hydrogen-bond acceptors (Lipinski definition) is 26. The summed E-state index contributed by atoms with van der Waals surface area (Å²) >= 11 is 17.0. The SMILES string of the molecule is CCCSCc1cc(CSCCC(=O)O)cc(CSC[C@H](NC(=O)CCSCc2cc(CSCCC(=O)N[C@@H](CSCc3cc(CSCCC(=O)O)cc(CSCCC(=O)O)c3)C(=O)O)cc(CSC[C@H](NC(=O)CN3C(=O)C=CC3=O)C(=O)N[C@@H](CSCc3cc(CSCCC(=O)O)cc(CSCCC(=O)O)c3)C(=O)O)c2)C(=O)O)c1. The molecule has 0 spiro atoms. The summed E-state index contributed by atoms with van der Waals surface area (Å²) in [4.78, 5) is 174. The molecule has 1 aliphatic rings. The Kier molecular flexibility index (Phi) is 49.9. The lowest BCUT2D eigenvalue weighted by atomic mass is 10.1. The van der Waals surface area contributed by atoms with Crippen LogP contribution in [0, 0.1) is 0 Å². The van der Waals surface area contributed by atoms with Crippen LogP contribution in [0.4, 0.5) is 0 Å². The van der Waals surface area contributed by atoms with E-state index in [-0.39, 0.29) is 91.0 Å². The highest BCUT2D eigenvalue weighted by Gasteiger charge is 2.31. The topological polar surface area (TPSA) is 452 Å². The van der Waals surface area contributed by atoms with Crippen LogP contribution in [-0.2, 0) is 136 Å². The van der Waals surface area contributed by atoms with E-state index in [1.165, 1.54) is 129 Å². The van der Waals surface area contributed by atoms with Gasteiger partial charge in [0.2, 0.25) is 23.6 Å². The zero-order valence-electron chi connectivity index (χ0n) is 64.4. The van der Waals surface area contributed by atoms with Gasteiger partial charge in [-0.2, -0.15) is 141 Å². The van der Waals surface area contributed by atoms with Crippen molar-refractivity contribution >= 4 is 224 Å². The molecule has 12 N–H and O–H groups in total. The Balaban J connectivity index is 1.30. The van der Waals surface area contributed by atoms with Crippen LogP contribution in [0.15, 0.2) is 84.9 Å². The molecule has 0 radical (unpaired) electrons. The third-order valence-electron chi connectivity index (χ3n) is 16.1. The number of amides is 6. The van der Waals surface area contributed by atoms with Crippen LogP contribution in [-0.4, -0.2) is 229 Å². The van der Waals surface area contributed by atoms with E-state index in [4.69, 9.17) is 25.5 Å². The third-order valence-corrected chi connectivity index (χ3v) is 29.0. The maximum Gasteiger partial charge on any atom is 0.327 e. The predicted octanol–water partition coefficient (Wildman–Crippen LogP) is 11.3. The molecule has 0 saturated carbocycles. The third kappa shape index (κ3) is 44.6. The van der Waals surface area contributed by atoms with Gasteiger partial charge in [-0.15, -0.1) is 0 Å². The zero-order chi connectivity index (χ0) is 85.4. The minimum Gasteiger partial charge on any atom is -0.481 e. The zero-order valence-corrected chi connectivity index (χ0v) is 74.2. The summed E-state index contributed by atoms with van der Waals surface area (Å²) in [6.07, 6.45) is 2.91. The number of rotatable bonds is 65. The van der Waals surface area contributed by atoms with Crippen LogP contribution in [0.1, 0.15) is 125 Å². The van der Waals surface area contributed by atoms with E-state index in [9.17, 15) is 82.4 Å². The van der Waals surface area contributed by atoms with Crippen molar-refractivity contribution in [1.29, 1.82) is 0 Å². The smallest absolute Gasteiger partial charge is 0.327 e. The van der Waals surface area contributed by atoms with Gasteiger partial charge < -0.3 is 62.1 Å². The average molecular weight is 1840 g/mol. The van der Waals surface area contributed by atoms with Crippen molar-refractivity contribution in [2.24, 2.45) is 0 Å². The normalized spacial score (nSPS) is 12.8. The van der Waals surface area contributed by atoms with Gasteiger partial charge in [-0.05, 0) is 78.9 Å². The molecular weight excluding hydrogens is 1740 g/mol. The fraction of sp³-hybridized carbons (Fsp3) is 0.487. The van der Waals surface area contributed by atoms with Crippen LogP contribution in [0.25, 0.3) is 0 Å². The number of aliphatic carboxylic acids is 8. The molecule has 39 heteroatoms. The summed E-state index contributed by atoms with van der Waals surface area (Å²) in [5, 5.41) is 87.1. The van der Waals surface area contributed by atoms with Crippen LogP contribution in [0.2, 0.25) is 0 Å². The molecule has 27 nitrogen and oxygen atoms in total. The standard InChI is InChI=1S/C78H99N5O22S12/c1-2-12-106-33-49-20-52(36-109-15-7-70(89)90)27-58(24-49)42-115-46-62(76(100)101)80-65(84)5-13-107-34-50-21-51(35-108-14-6-66(85)81-63(77(102)103)47-116-43-59-28-53(37-110-16-8-71(91)92)22-54(29-59)38-111-17-9-72(93)94)26-57(25-50)41-114-45-61(79-67(86)32-83-68(87)3-4-69(83)88)75(99)82-64(78(104)105)48-117-44-60-30-55(39-112-18-10-73(95)96)23-56(31-60)40-113-19-11-74(97)98/h3-4,20-31,61-64H,2,5-19,32-48H2,1H3,(H,79,86)(H,80,84)(H,81,85)(H,82,99)(H,89,90)(H,91,92)(H,93,94)(H,95,96)(H,97,98)(H,100,101)(H,102,103)(H,104,105)/t61-,62-,63-,64-/m0/s1. The Hall–Kier alpha value is -6.40. The molecule has 640 valence electrons. The second-order valence-electron chi connectivity index (χ2n) is 26.4. The van der Waals surface area contributed by atoms with E-state index in [1.807, 2.05) is 60.7 Å². The molecule has 5 rings (SSSR count). The first kappa shape index (κ1) is 101. The molecule has 4 aromatic rings. The van der Waals surface area contributed by atoms with E-state index in [0.29, 0.717) is 85.4 Å². The van der Waals surface area contributed by atoms with E-state index < -0.39 is 114 Å². The van der Waals surface area contributed by atoms with Gasteiger partial charge >= 0.3 is 47.8 Å². The minimum atomic E-state index is -1.48. The number of benzene rings is 4. The molecule has 1 aliphatic heterocycles. The van der Waals surface area contributed by atoms with E-state index in [0.717, 1.165) is 96.8 Å². The fourth-order valence-electron chi connectivity index (χ4n) is 10.8. The van der Waals surface area contributed by atoms with Crippen molar-refractivity contribution in [3.05, 3.63) is 152 Å². The van der Waals surface area contributed by atoms with Crippen molar-refractivity contribution in [2.45, 2.75) is 151 Å². The number of carbonyl (C=O) groups excluding carboxylic acids is 6. The molecule has 117 heavy (non-hydrogen) atoms. The number of carboxylic acids is 8. The van der Waals surface area contributed by atoms with Gasteiger partial charge in [-0.3, -0.25) is 57.6 Å². The maximum absolute atomic E-state index is 14.3. The quantitative estimate of drug-likeness (QED) is 0.0144. The molecule has 0 aromatic heterocycles. The number of carboxylic acid groups (broad SMARTS) is 8. The first-order valence-corrected chi connectivity index (χ1v) is 50.8. The summed E-state index contributed by atoms with van der Waals surface area (Å²) in [7, 11) is 0. The molecule has 0 fully saturated rings. The number of thioether (sulfide) groups is 12. The van der Waals surface area contributed by atoms with Crippen LogP contribution in [0.5, 0.6) is 0 Å². The summed E-state index contributed by atoms with van der Waals surface area (Å²) < 4.78 is 0. The van der Waals surface area contributed by atoms with Gasteiger partial charge in [0, 0.05) is 157 Å². The Bertz CT molecular complexity index is 3940. The fourth-order valence-corrected chi connectivity index (χ4v) is 21.7. The number of imide groups is 1. The monoisotopic (exact) mass is 1840 g/mol. The van der Waals surface area contributed by atoms with Crippen molar-refractivity contribution in [3.8, 4) is 0 Å². The van der Waals surface area contributed by atoms with Crippen molar-refractivity contribution in [3.63, 3.8) is 0 Å².